The molecule has 0 atom stereocenters. The molecule has 10 heteroatoms. The number of ether oxygens (including phenoxy) is 1. The molecule has 0 amide bonds. The first-order chi connectivity index (χ1) is 12.5. The molecule has 0 aromatic carbocycles. The molecule has 0 aliphatic heterocycles. The van der Waals surface area contributed by atoms with Crippen LogP contribution in [0.1, 0.15) is 18.5 Å². The van der Waals surface area contributed by atoms with Crippen molar-refractivity contribution in [1.82, 2.24) is 19.6 Å². The van der Waals surface area contributed by atoms with Crippen molar-refractivity contribution < 1.29 is 13.2 Å². The maximum absolute atomic E-state index is 12.2. The fourth-order valence-electron chi connectivity index (χ4n) is 2.55. The monoisotopic (exact) mass is 370 g/mol. The van der Waals surface area contributed by atoms with E-state index in [1.807, 2.05) is 6.07 Å². The first-order valence-electron chi connectivity index (χ1n) is 7.83. The fourth-order valence-corrected chi connectivity index (χ4v) is 3.92. The van der Waals surface area contributed by atoms with Crippen LogP contribution in [0.3, 0.4) is 0 Å². The summed E-state index contributed by atoms with van der Waals surface area (Å²) in [7, 11) is -2.03. The summed E-state index contributed by atoms with van der Waals surface area (Å²) in [4.78, 5) is 8.26. The maximum Gasteiger partial charge on any atom is 0.238 e. The number of nitrogens with one attached hydrogen (secondary N) is 1. The van der Waals surface area contributed by atoms with Crippen LogP contribution in [-0.4, -0.2) is 40.4 Å². The summed E-state index contributed by atoms with van der Waals surface area (Å²) in [6.07, 6.45) is 4.28. The number of rotatable bonds is 5. The van der Waals surface area contributed by atoms with E-state index in [4.69, 9.17) is 10.00 Å². The number of aromatic nitrogens is 4. The van der Waals surface area contributed by atoms with Gasteiger partial charge in [0.05, 0.1) is 24.3 Å². The Balaban J connectivity index is 1.77. The molecule has 0 saturated heterocycles. The molecule has 132 valence electrons. The molecule has 9 nitrogen and oxygen atoms in total. The van der Waals surface area contributed by atoms with Gasteiger partial charge in [-0.15, -0.1) is 0 Å². The maximum atomic E-state index is 12.2. The van der Waals surface area contributed by atoms with Crippen molar-refractivity contribution in [2.24, 2.45) is 0 Å². The number of sulfonamides is 1. The van der Waals surface area contributed by atoms with Crippen molar-refractivity contribution in [3.05, 3.63) is 36.3 Å². The lowest BCUT2D eigenvalue weighted by molar-refractivity contribution is 0.400. The predicted octanol–water partition coefficient (Wildman–Crippen LogP) is 1.58. The van der Waals surface area contributed by atoms with E-state index in [2.05, 4.69) is 19.8 Å². The largest absolute Gasteiger partial charge is 0.480 e. The Morgan fingerprint density at radius 3 is 2.81 bits per heavy atom. The lowest BCUT2D eigenvalue weighted by Gasteiger charge is -2.12. The minimum absolute atomic E-state index is 0.180. The van der Waals surface area contributed by atoms with Crippen molar-refractivity contribution >= 4 is 21.4 Å². The van der Waals surface area contributed by atoms with Crippen LogP contribution in [0.25, 0.3) is 16.9 Å². The molecule has 0 unspecified atom stereocenters. The van der Waals surface area contributed by atoms with E-state index in [-0.39, 0.29) is 16.8 Å². The Morgan fingerprint density at radius 2 is 2.12 bits per heavy atom. The van der Waals surface area contributed by atoms with Gasteiger partial charge in [-0.25, -0.2) is 22.9 Å². The third-order valence-corrected chi connectivity index (χ3v) is 5.89. The Hall–Kier alpha value is -3.19. The van der Waals surface area contributed by atoms with Gasteiger partial charge in [-0.1, -0.05) is 0 Å². The summed E-state index contributed by atoms with van der Waals surface area (Å²) >= 11 is 0. The topological polar surface area (TPSA) is 122 Å². The highest BCUT2D eigenvalue weighted by molar-refractivity contribution is 7.93. The quantitative estimate of drug-likeness (QED) is 0.723. The zero-order valence-electron chi connectivity index (χ0n) is 13.7. The number of nitrogens with zero attached hydrogens (tertiary/aromatic N) is 5. The van der Waals surface area contributed by atoms with Gasteiger partial charge in [-0.3, -0.25) is 4.72 Å². The summed E-state index contributed by atoms with van der Waals surface area (Å²) < 4.78 is 33.6. The smallest absolute Gasteiger partial charge is 0.238 e. The number of anilines is 1. The molecule has 1 saturated carbocycles. The van der Waals surface area contributed by atoms with Gasteiger partial charge in [0.2, 0.25) is 15.9 Å². The van der Waals surface area contributed by atoms with Crippen LogP contribution in [0, 0.1) is 11.3 Å². The SMILES string of the molecule is COc1ncc(-c2ccc3ncc(C#N)n3n2)cc1NS(=O)(=O)C1CC1. The van der Waals surface area contributed by atoms with Crippen molar-refractivity contribution in [2.75, 3.05) is 11.8 Å². The second-order valence-electron chi connectivity index (χ2n) is 5.87. The summed E-state index contributed by atoms with van der Waals surface area (Å²) in [5.74, 6) is 0.180. The molecule has 3 heterocycles. The molecular weight excluding hydrogens is 356 g/mol. The van der Waals surface area contributed by atoms with E-state index in [0.717, 1.165) is 0 Å². The van der Waals surface area contributed by atoms with Gasteiger partial charge >= 0.3 is 0 Å². The van der Waals surface area contributed by atoms with Crippen LogP contribution >= 0.6 is 0 Å². The van der Waals surface area contributed by atoms with E-state index < -0.39 is 10.0 Å². The Morgan fingerprint density at radius 1 is 1.31 bits per heavy atom. The summed E-state index contributed by atoms with van der Waals surface area (Å²) in [5, 5.41) is 13.2. The zero-order chi connectivity index (χ0) is 18.3. The summed E-state index contributed by atoms with van der Waals surface area (Å²) in [6, 6.07) is 7.09. The lowest BCUT2D eigenvalue weighted by atomic mass is 10.2. The molecule has 0 spiro atoms. The molecule has 1 aliphatic carbocycles. The minimum atomic E-state index is -3.46. The van der Waals surface area contributed by atoms with Gasteiger partial charge in [-0.2, -0.15) is 10.4 Å². The van der Waals surface area contributed by atoms with E-state index in [9.17, 15) is 8.42 Å². The normalized spacial score (nSPS) is 14.2. The summed E-state index contributed by atoms with van der Waals surface area (Å²) in [6.45, 7) is 0. The van der Waals surface area contributed by atoms with Gasteiger partial charge in [0, 0.05) is 11.8 Å². The zero-order valence-corrected chi connectivity index (χ0v) is 14.6. The lowest BCUT2D eigenvalue weighted by Crippen LogP contribution is -2.18. The van der Waals surface area contributed by atoms with Crippen molar-refractivity contribution in [1.29, 1.82) is 5.26 Å². The van der Waals surface area contributed by atoms with Crippen LogP contribution in [-0.2, 0) is 10.0 Å². The standard InChI is InChI=1S/C16H14N6O3S/c1-25-16-14(21-26(23,24)12-2-3-12)6-10(8-19-16)13-4-5-15-18-9-11(7-17)22(15)20-13/h4-6,8-9,12,21H,2-3H2,1H3. The minimum Gasteiger partial charge on any atom is -0.480 e. The third-order valence-electron chi connectivity index (χ3n) is 4.03. The number of hydrogen-bond acceptors (Lipinski definition) is 7. The number of pyridine rings is 1. The number of fused-ring (bicyclic) bond motifs is 1. The van der Waals surface area contributed by atoms with Crippen molar-refractivity contribution in [2.45, 2.75) is 18.1 Å². The van der Waals surface area contributed by atoms with E-state index in [1.165, 1.54) is 24.0 Å². The van der Waals surface area contributed by atoms with E-state index >= 15 is 0 Å². The van der Waals surface area contributed by atoms with Gasteiger partial charge in [0.25, 0.3) is 0 Å². The van der Waals surface area contributed by atoms with Gasteiger partial charge in [0.15, 0.2) is 11.3 Å². The first-order valence-corrected chi connectivity index (χ1v) is 9.37. The molecule has 0 radical (unpaired) electrons. The van der Waals surface area contributed by atoms with Crippen LogP contribution < -0.4 is 9.46 Å². The highest BCUT2D eigenvalue weighted by atomic mass is 32.2. The molecule has 1 N–H and O–H groups in total. The Labute approximate surface area is 149 Å². The van der Waals surface area contributed by atoms with Gasteiger partial charge in [-0.05, 0) is 31.0 Å². The fraction of sp³-hybridized carbons (Fsp3) is 0.250. The van der Waals surface area contributed by atoms with E-state index in [1.54, 1.807) is 18.2 Å². The Kier molecular flexibility index (Phi) is 3.73. The van der Waals surface area contributed by atoms with Gasteiger partial charge < -0.3 is 4.74 Å². The molecule has 3 aromatic heterocycles. The third kappa shape index (κ3) is 2.82. The Bertz CT molecular complexity index is 1140. The second-order valence-corrected chi connectivity index (χ2v) is 7.83. The highest BCUT2D eigenvalue weighted by Gasteiger charge is 2.36. The summed E-state index contributed by atoms with van der Waals surface area (Å²) in [5.41, 5.74) is 2.21. The molecular formula is C16H14N6O3S. The number of methoxy groups -OCH3 is 1. The van der Waals surface area contributed by atoms with Crippen LogP contribution in [0.5, 0.6) is 5.88 Å². The number of nitriles is 1. The highest BCUT2D eigenvalue weighted by Crippen LogP contribution is 2.33. The van der Waals surface area contributed by atoms with Crippen LogP contribution in [0.4, 0.5) is 5.69 Å². The average Bonchev–Trinajstić information content (AvgIpc) is 3.42. The molecule has 3 aromatic rings. The van der Waals surface area contributed by atoms with Crippen molar-refractivity contribution in [3.8, 4) is 23.2 Å². The second kappa shape index (κ2) is 5.96. The molecule has 26 heavy (non-hydrogen) atoms. The van der Waals surface area contributed by atoms with Crippen LogP contribution in [0.15, 0.2) is 30.6 Å². The number of hydrogen-bond donors (Lipinski definition) is 1. The predicted molar refractivity (Wildman–Crippen MR) is 93.0 cm³/mol. The molecule has 4 rings (SSSR count). The first kappa shape index (κ1) is 16.3. The van der Waals surface area contributed by atoms with Crippen LogP contribution in [0.2, 0.25) is 0 Å². The van der Waals surface area contributed by atoms with Gasteiger partial charge in [0.1, 0.15) is 11.8 Å². The molecule has 1 aliphatic rings. The van der Waals surface area contributed by atoms with E-state index in [0.29, 0.717) is 35.4 Å². The average molecular weight is 370 g/mol. The molecule has 0 bridgehead atoms. The molecule has 1 fully saturated rings. The number of imidazole rings is 1. The van der Waals surface area contributed by atoms with Crippen molar-refractivity contribution in [3.63, 3.8) is 0 Å².